The molecule has 0 saturated carbocycles. The molecule has 0 aliphatic carbocycles. The molecule has 28 heavy (non-hydrogen) atoms. The van der Waals surface area contributed by atoms with Gasteiger partial charge in [-0.25, -0.2) is 13.1 Å². The van der Waals surface area contributed by atoms with Crippen molar-refractivity contribution in [3.05, 3.63) is 68.6 Å². The number of benzene rings is 1. The number of carbonyl (C=O) groups excluding carboxylic acids is 1. The molecule has 1 amide bonds. The molecule has 0 aliphatic heterocycles. The van der Waals surface area contributed by atoms with E-state index in [0.29, 0.717) is 4.34 Å². The maximum absolute atomic E-state index is 12.6. The fourth-order valence-electron chi connectivity index (χ4n) is 2.47. The number of nitrogens with one attached hydrogen (secondary N) is 2. The number of hydrogen-bond donors (Lipinski definition) is 2. The minimum absolute atomic E-state index is 0.0428. The molecule has 148 valence electrons. The van der Waals surface area contributed by atoms with Gasteiger partial charge >= 0.3 is 0 Å². The van der Waals surface area contributed by atoms with Gasteiger partial charge in [-0.05, 0) is 11.6 Å². The van der Waals surface area contributed by atoms with Crippen LogP contribution in [0.2, 0.25) is 9.36 Å². The van der Waals surface area contributed by atoms with Crippen LogP contribution >= 0.6 is 34.5 Å². The van der Waals surface area contributed by atoms with Crippen LogP contribution in [-0.2, 0) is 17.1 Å². The van der Waals surface area contributed by atoms with Crippen LogP contribution in [0.1, 0.15) is 21.3 Å². The van der Waals surface area contributed by atoms with Gasteiger partial charge in [-0.3, -0.25) is 9.48 Å². The van der Waals surface area contributed by atoms with Gasteiger partial charge in [0.2, 0.25) is 10.0 Å². The number of aryl methyl sites for hydroxylation is 1. The topological polar surface area (TPSA) is 93.1 Å². The Balaban J connectivity index is 1.80. The molecule has 0 radical (unpaired) electrons. The van der Waals surface area contributed by atoms with Gasteiger partial charge in [0.25, 0.3) is 5.91 Å². The summed E-state index contributed by atoms with van der Waals surface area (Å²) >= 11 is 13.0. The molecule has 2 heterocycles. The fraction of sp³-hybridized carbons (Fsp3) is 0.176. The number of amides is 1. The largest absolute Gasteiger partial charge is 0.343 e. The lowest BCUT2D eigenvalue weighted by molar-refractivity contribution is 0.0941. The smallest absolute Gasteiger partial charge is 0.263 e. The molecule has 1 atom stereocenters. The van der Waals surface area contributed by atoms with Gasteiger partial charge in [-0.1, -0.05) is 53.5 Å². The van der Waals surface area contributed by atoms with Crippen molar-refractivity contribution in [3.63, 3.8) is 0 Å². The molecule has 3 aromatic rings. The number of thiophene rings is 1. The lowest BCUT2D eigenvalue weighted by Gasteiger charge is -2.19. The number of halogens is 2. The van der Waals surface area contributed by atoms with E-state index in [4.69, 9.17) is 23.2 Å². The average Bonchev–Trinajstić information content (AvgIpc) is 3.24. The normalized spacial score (nSPS) is 12.7. The van der Waals surface area contributed by atoms with Gasteiger partial charge < -0.3 is 5.32 Å². The van der Waals surface area contributed by atoms with E-state index in [2.05, 4.69) is 15.1 Å². The summed E-state index contributed by atoms with van der Waals surface area (Å²) in [5, 5.41) is 6.93. The van der Waals surface area contributed by atoms with Crippen molar-refractivity contribution in [2.45, 2.75) is 10.9 Å². The van der Waals surface area contributed by atoms with Crippen LogP contribution in [-0.4, -0.2) is 30.7 Å². The summed E-state index contributed by atoms with van der Waals surface area (Å²) in [7, 11) is -2.15. The van der Waals surface area contributed by atoms with E-state index in [1.807, 2.05) is 6.07 Å². The van der Waals surface area contributed by atoms with Crippen molar-refractivity contribution >= 4 is 50.5 Å². The Hall–Kier alpha value is -1.91. The van der Waals surface area contributed by atoms with E-state index in [0.717, 1.165) is 16.9 Å². The summed E-state index contributed by atoms with van der Waals surface area (Å²) in [6.45, 7) is -0.0519. The molecule has 0 bridgehead atoms. The molecule has 0 spiro atoms. The fourth-order valence-corrected chi connectivity index (χ4v) is 4.95. The first kappa shape index (κ1) is 20.8. The number of carbonyl (C=O) groups is 1. The molecule has 0 fully saturated rings. The Morgan fingerprint density at radius 1 is 1.29 bits per heavy atom. The van der Waals surface area contributed by atoms with Gasteiger partial charge in [-0.2, -0.15) is 5.10 Å². The first-order chi connectivity index (χ1) is 13.3. The standard InChI is InChI=1S/C17H16Cl2N4O3S2/c1-23-10-12(8-20-23)28(25,26)21-9-14(11-5-3-2-4-6-11)22-17(24)16-13(18)7-15(19)27-16/h2-8,10,14,21H,9H2,1H3,(H,22,24). The van der Waals surface area contributed by atoms with E-state index in [9.17, 15) is 13.2 Å². The van der Waals surface area contributed by atoms with Crippen molar-refractivity contribution in [3.8, 4) is 0 Å². The van der Waals surface area contributed by atoms with Crippen LogP contribution in [0.15, 0.2) is 53.7 Å². The third-order valence-corrected chi connectivity index (χ3v) is 6.89. The number of sulfonamides is 1. The Morgan fingerprint density at radius 2 is 2.00 bits per heavy atom. The van der Waals surface area contributed by atoms with Crippen LogP contribution in [0.4, 0.5) is 0 Å². The SMILES string of the molecule is Cn1cc(S(=O)(=O)NCC(NC(=O)c2sc(Cl)cc2Cl)c2ccccc2)cn1. The zero-order valence-electron chi connectivity index (χ0n) is 14.6. The second kappa shape index (κ2) is 8.62. The van der Waals surface area contributed by atoms with Crippen molar-refractivity contribution in [1.29, 1.82) is 0 Å². The van der Waals surface area contributed by atoms with Crippen LogP contribution < -0.4 is 10.0 Å². The van der Waals surface area contributed by atoms with E-state index >= 15 is 0 Å². The Labute approximate surface area is 176 Å². The Bertz CT molecular complexity index is 1080. The van der Waals surface area contributed by atoms with Crippen molar-refractivity contribution in [2.75, 3.05) is 6.54 Å². The quantitative estimate of drug-likeness (QED) is 0.568. The number of rotatable bonds is 7. The number of nitrogens with zero attached hydrogens (tertiary/aromatic N) is 2. The predicted molar refractivity (Wildman–Crippen MR) is 109 cm³/mol. The Kier molecular flexibility index (Phi) is 6.41. The molecule has 7 nitrogen and oxygen atoms in total. The zero-order chi connectivity index (χ0) is 20.3. The summed E-state index contributed by atoms with van der Waals surface area (Å²) in [4.78, 5) is 12.9. The molecule has 1 aromatic carbocycles. The average molecular weight is 459 g/mol. The third kappa shape index (κ3) is 4.92. The van der Waals surface area contributed by atoms with Crippen LogP contribution in [0, 0.1) is 0 Å². The second-order valence-electron chi connectivity index (χ2n) is 5.87. The summed E-state index contributed by atoms with van der Waals surface area (Å²) in [5.74, 6) is -0.434. The van der Waals surface area contributed by atoms with Gasteiger partial charge in [-0.15, -0.1) is 11.3 Å². The minimum atomic E-state index is -3.78. The molecular formula is C17H16Cl2N4O3S2. The summed E-state index contributed by atoms with van der Waals surface area (Å²) in [6.07, 6.45) is 2.65. The predicted octanol–water partition coefficient (Wildman–Crippen LogP) is 3.24. The molecule has 11 heteroatoms. The van der Waals surface area contributed by atoms with Gasteiger partial charge in [0.05, 0.1) is 21.6 Å². The Morgan fingerprint density at radius 3 is 2.57 bits per heavy atom. The summed E-state index contributed by atoms with van der Waals surface area (Å²) in [5.41, 5.74) is 0.739. The first-order valence-electron chi connectivity index (χ1n) is 8.05. The van der Waals surface area contributed by atoms with E-state index in [1.165, 1.54) is 23.1 Å². The molecule has 2 aromatic heterocycles. The van der Waals surface area contributed by atoms with Crippen LogP contribution in [0.5, 0.6) is 0 Å². The lowest BCUT2D eigenvalue weighted by atomic mass is 10.1. The summed E-state index contributed by atoms with van der Waals surface area (Å²) < 4.78 is 29.3. The second-order valence-corrected chi connectivity index (χ2v) is 9.72. The minimum Gasteiger partial charge on any atom is -0.343 e. The highest BCUT2D eigenvalue weighted by atomic mass is 35.5. The molecule has 3 rings (SSSR count). The van der Waals surface area contributed by atoms with E-state index < -0.39 is 22.0 Å². The lowest BCUT2D eigenvalue weighted by Crippen LogP contribution is -2.37. The van der Waals surface area contributed by atoms with Crippen molar-refractivity contribution in [1.82, 2.24) is 19.8 Å². The van der Waals surface area contributed by atoms with Crippen LogP contribution in [0.3, 0.4) is 0 Å². The third-order valence-electron chi connectivity index (χ3n) is 3.84. The molecule has 0 saturated heterocycles. The molecule has 2 N–H and O–H groups in total. The highest BCUT2D eigenvalue weighted by Gasteiger charge is 2.23. The molecule has 1 unspecified atom stereocenters. The van der Waals surface area contributed by atoms with E-state index in [-0.39, 0.29) is 21.3 Å². The molecule has 0 aliphatic rings. The number of aromatic nitrogens is 2. The highest BCUT2D eigenvalue weighted by molar-refractivity contribution is 7.89. The molecular weight excluding hydrogens is 443 g/mol. The summed E-state index contributed by atoms with van der Waals surface area (Å²) in [6, 6.07) is 9.91. The van der Waals surface area contributed by atoms with Gasteiger partial charge in [0, 0.05) is 19.8 Å². The van der Waals surface area contributed by atoms with Gasteiger partial charge in [0.1, 0.15) is 9.77 Å². The monoisotopic (exact) mass is 458 g/mol. The van der Waals surface area contributed by atoms with Crippen molar-refractivity contribution in [2.24, 2.45) is 7.05 Å². The maximum Gasteiger partial charge on any atom is 0.263 e. The van der Waals surface area contributed by atoms with Gasteiger partial charge in [0.15, 0.2) is 0 Å². The first-order valence-corrected chi connectivity index (χ1v) is 11.1. The van der Waals surface area contributed by atoms with Crippen LogP contribution in [0.25, 0.3) is 0 Å². The van der Waals surface area contributed by atoms with Crippen molar-refractivity contribution < 1.29 is 13.2 Å². The maximum atomic E-state index is 12.6. The highest BCUT2D eigenvalue weighted by Crippen LogP contribution is 2.31. The number of hydrogen-bond acceptors (Lipinski definition) is 5. The van der Waals surface area contributed by atoms with E-state index in [1.54, 1.807) is 31.3 Å². The zero-order valence-corrected chi connectivity index (χ0v) is 17.7.